The Labute approximate surface area is 181 Å². The minimum atomic E-state index is -0.253. The number of aromatic amines is 1. The molecule has 0 spiro atoms. The highest BCUT2D eigenvalue weighted by molar-refractivity contribution is 7.20. The first-order chi connectivity index (χ1) is 14.5. The van der Waals surface area contributed by atoms with Crippen molar-refractivity contribution in [2.24, 2.45) is 0 Å². The van der Waals surface area contributed by atoms with Crippen LogP contribution in [-0.2, 0) is 11.2 Å². The molecule has 2 aromatic heterocycles. The number of aromatic nitrogens is 2. The van der Waals surface area contributed by atoms with Gasteiger partial charge in [-0.2, -0.15) is 5.10 Å². The standard InChI is InChI=1S/C21H17ClN4O3S/c1-29-15-4-2-3-14(10-15)23-20(28)17-11-16-19(25-26-21(16)30-17)24-18(27)9-12-5-7-13(22)8-6-12/h2-8,10-11H,9H2,1H3,(H,23,28)(H2,24,25,26,27). The summed E-state index contributed by atoms with van der Waals surface area (Å²) < 4.78 is 5.17. The number of H-pyrrole nitrogens is 1. The number of amides is 2. The second-order valence-corrected chi connectivity index (χ2v) is 7.95. The van der Waals surface area contributed by atoms with Gasteiger partial charge in [0.15, 0.2) is 5.82 Å². The van der Waals surface area contributed by atoms with Crippen molar-refractivity contribution in [3.05, 3.63) is 70.1 Å². The quantitative estimate of drug-likeness (QED) is 0.404. The summed E-state index contributed by atoms with van der Waals surface area (Å²) in [5, 5.41) is 13.9. The van der Waals surface area contributed by atoms with E-state index in [2.05, 4.69) is 20.8 Å². The second kappa shape index (κ2) is 8.56. The number of ether oxygens (including phenoxy) is 1. The zero-order valence-corrected chi connectivity index (χ0v) is 17.4. The molecule has 4 aromatic rings. The van der Waals surface area contributed by atoms with Crippen LogP contribution in [0.4, 0.5) is 11.5 Å². The molecule has 0 unspecified atom stereocenters. The van der Waals surface area contributed by atoms with Crippen LogP contribution in [0.1, 0.15) is 15.2 Å². The predicted molar refractivity (Wildman–Crippen MR) is 119 cm³/mol. The molecule has 0 aliphatic rings. The topological polar surface area (TPSA) is 96.1 Å². The van der Waals surface area contributed by atoms with Gasteiger partial charge in [-0.25, -0.2) is 0 Å². The number of hydrogen-bond acceptors (Lipinski definition) is 5. The third kappa shape index (κ3) is 4.45. The molecule has 0 saturated carbocycles. The smallest absolute Gasteiger partial charge is 0.265 e. The van der Waals surface area contributed by atoms with E-state index in [1.807, 2.05) is 0 Å². The number of methoxy groups -OCH3 is 1. The Hall–Kier alpha value is -3.36. The molecule has 0 atom stereocenters. The summed E-state index contributed by atoms with van der Waals surface area (Å²) in [6.45, 7) is 0. The molecule has 2 amide bonds. The minimum Gasteiger partial charge on any atom is -0.497 e. The van der Waals surface area contributed by atoms with Crippen LogP contribution < -0.4 is 15.4 Å². The fourth-order valence-corrected chi connectivity index (χ4v) is 3.90. The Bertz CT molecular complexity index is 1220. The van der Waals surface area contributed by atoms with E-state index in [0.29, 0.717) is 37.4 Å². The third-order valence-corrected chi connectivity index (χ3v) is 5.63. The van der Waals surface area contributed by atoms with E-state index >= 15 is 0 Å². The molecule has 9 heteroatoms. The first kappa shape index (κ1) is 19.9. The van der Waals surface area contributed by atoms with E-state index in [4.69, 9.17) is 16.3 Å². The average Bonchev–Trinajstić information content (AvgIpc) is 3.32. The van der Waals surface area contributed by atoms with Gasteiger partial charge in [0.1, 0.15) is 10.6 Å². The first-order valence-electron chi connectivity index (χ1n) is 8.99. The number of anilines is 2. The van der Waals surface area contributed by atoms with Crippen molar-refractivity contribution >= 4 is 56.5 Å². The van der Waals surface area contributed by atoms with Crippen LogP contribution >= 0.6 is 22.9 Å². The van der Waals surface area contributed by atoms with E-state index in [0.717, 1.165) is 5.56 Å². The Morgan fingerprint density at radius 3 is 2.70 bits per heavy atom. The van der Waals surface area contributed by atoms with Crippen LogP contribution in [0.2, 0.25) is 5.02 Å². The average molecular weight is 441 g/mol. The van der Waals surface area contributed by atoms with Gasteiger partial charge in [0, 0.05) is 16.8 Å². The number of carbonyl (C=O) groups excluding carboxylic acids is 2. The lowest BCUT2D eigenvalue weighted by atomic mass is 10.1. The number of hydrogen-bond donors (Lipinski definition) is 3. The molecule has 0 fully saturated rings. The fourth-order valence-electron chi connectivity index (χ4n) is 2.88. The molecule has 2 aromatic carbocycles. The van der Waals surface area contributed by atoms with Gasteiger partial charge in [0.05, 0.1) is 23.8 Å². The van der Waals surface area contributed by atoms with Gasteiger partial charge in [-0.05, 0) is 35.9 Å². The highest BCUT2D eigenvalue weighted by Crippen LogP contribution is 2.30. The summed E-state index contributed by atoms with van der Waals surface area (Å²) in [5.41, 5.74) is 1.47. The van der Waals surface area contributed by atoms with E-state index in [1.165, 1.54) is 11.3 Å². The maximum atomic E-state index is 12.6. The van der Waals surface area contributed by atoms with Crippen LogP contribution in [0, 0.1) is 0 Å². The van der Waals surface area contributed by atoms with Gasteiger partial charge in [0.25, 0.3) is 5.91 Å². The molecule has 0 saturated heterocycles. The van der Waals surface area contributed by atoms with Crippen molar-refractivity contribution < 1.29 is 14.3 Å². The number of rotatable bonds is 6. The summed E-state index contributed by atoms with van der Waals surface area (Å²) in [4.78, 5) is 26.2. The van der Waals surface area contributed by atoms with E-state index < -0.39 is 0 Å². The van der Waals surface area contributed by atoms with E-state index in [1.54, 1.807) is 61.7 Å². The lowest BCUT2D eigenvalue weighted by Gasteiger charge is -2.05. The van der Waals surface area contributed by atoms with Gasteiger partial charge in [-0.3, -0.25) is 14.7 Å². The van der Waals surface area contributed by atoms with Crippen molar-refractivity contribution in [3.8, 4) is 5.75 Å². The molecule has 7 nitrogen and oxygen atoms in total. The molecule has 0 bridgehead atoms. The van der Waals surface area contributed by atoms with Gasteiger partial charge >= 0.3 is 0 Å². The van der Waals surface area contributed by atoms with Crippen molar-refractivity contribution in [1.82, 2.24) is 10.2 Å². The summed E-state index contributed by atoms with van der Waals surface area (Å²) in [5.74, 6) is 0.581. The lowest BCUT2D eigenvalue weighted by Crippen LogP contribution is -2.14. The lowest BCUT2D eigenvalue weighted by molar-refractivity contribution is -0.115. The van der Waals surface area contributed by atoms with Crippen LogP contribution in [0.5, 0.6) is 5.75 Å². The summed E-state index contributed by atoms with van der Waals surface area (Å²) in [6.07, 6.45) is 0.193. The van der Waals surface area contributed by atoms with Crippen LogP contribution in [0.25, 0.3) is 10.2 Å². The van der Waals surface area contributed by atoms with E-state index in [9.17, 15) is 9.59 Å². The number of carbonyl (C=O) groups is 2. The predicted octanol–water partition coefficient (Wildman–Crippen LogP) is 4.72. The Morgan fingerprint density at radius 1 is 1.13 bits per heavy atom. The van der Waals surface area contributed by atoms with Gasteiger partial charge < -0.3 is 15.4 Å². The number of thiophene rings is 1. The highest BCUT2D eigenvalue weighted by Gasteiger charge is 2.17. The molecule has 3 N–H and O–H groups in total. The van der Waals surface area contributed by atoms with Crippen molar-refractivity contribution in [2.45, 2.75) is 6.42 Å². The van der Waals surface area contributed by atoms with Crippen LogP contribution in [0.15, 0.2) is 54.6 Å². The molecule has 4 rings (SSSR count). The van der Waals surface area contributed by atoms with Crippen molar-refractivity contribution in [2.75, 3.05) is 17.7 Å². The van der Waals surface area contributed by atoms with Crippen LogP contribution in [-0.4, -0.2) is 29.1 Å². The Morgan fingerprint density at radius 2 is 1.93 bits per heavy atom. The summed E-state index contributed by atoms with van der Waals surface area (Å²) in [6, 6.07) is 15.9. The largest absolute Gasteiger partial charge is 0.497 e. The first-order valence-corrected chi connectivity index (χ1v) is 10.2. The van der Waals surface area contributed by atoms with Crippen LogP contribution in [0.3, 0.4) is 0 Å². The van der Waals surface area contributed by atoms with E-state index in [-0.39, 0.29) is 18.2 Å². The van der Waals surface area contributed by atoms with Gasteiger partial charge in [-0.15, -0.1) is 11.3 Å². The summed E-state index contributed by atoms with van der Waals surface area (Å²) >= 11 is 7.13. The minimum absolute atomic E-state index is 0.193. The number of halogens is 1. The third-order valence-electron chi connectivity index (χ3n) is 4.34. The maximum absolute atomic E-state index is 12.6. The molecule has 2 heterocycles. The zero-order chi connectivity index (χ0) is 21.1. The normalized spacial score (nSPS) is 10.7. The van der Waals surface area contributed by atoms with Crippen molar-refractivity contribution in [1.29, 1.82) is 0 Å². The Balaban J connectivity index is 1.46. The fraction of sp³-hybridized carbons (Fsp3) is 0.0952. The SMILES string of the molecule is COc1cccc(NC(=O)c2cc3c(NC(=O)Cc4ccc(Cl)cc4)n[nH]c3s2)c1. The number of nitrogens with zero attached hydrogens (tertiary/aromatic N) is 1. The molecular weight excluding hydrogens is 424 g/mol. The zero-order valence-electron chi connectivity index (χ0n) is 15.9. The second-order valence-electron chi connectivity index (χ2n) is 6.46. The molecule has 0 aliphatic heterocycles. The number of nitrogens with one attached hydrogen (secondary N) is 3. The molecule has 152 valence electrons. The molecule has 0 radical (unpaired) electrons. The van der Waals surface area contributed by atoms with Gasteiger partial charge in [-0.1, -0.05) is 29.8 Å². The molecule has 30 heavy (non-hydrogen) atoms. The Kier molecular flexibility index (Phi) is 5.69. The maximum Gasteiger partial charge on any atom is 0.265 e. The van der Waals surface area contributed by atoms with Gasteiger partial charge in [0.2, 0.25) is 5.91 Å². The number of fused-ring (bicyclic) bond motifs is 1. The molecule has 0 aliphatic carbocycles. The van der Waals surface area contributed by atoms with Crippen molar-refractivity contribution in [3.63, 3.8) is 0 Å². The summed E-state index contributed by atoms with van der Waals surface area (Å²) in [7, 11) is 1.57. The molecular formula is C21H17ClN4O3S. The number of benzene rings is 2. The monoisotopic (exact) mass is 440 g/mol. The highest BCUT2D eigenvalue weighted by atomic mass is 35.5.